The lowest BCUT2D eigenvalue weighted by atomic mass is 9.62. The Morgan fingerprint density at radius 2 is 1.71 bits per heavy atom. The lowest BCUT2D eigenvalue weighted by Gasteiger charge is -2.43. The average molecular weight is 1080 g/mol. The summed E-state index contributed by atoms with van der Waals surface area (Å²) in [6.45, 7) is 2.71. The number of benzene rings is 3. The third-order valence-corrected chi connectivity index (χ3v) is 19.0. The fourth-order valence-electron chi connectivity index (χ4n) is 14.9. The van der Waals surface area contributed by atoms with Gasteiger partial charge in [0.2, 0.25) is 0 Å². The first-order valence-electron chi connectivity index (χ1n) is 29.3. The van der Waals surface area contributed by atoms with Crippen LogP contribution >= 0.6 is 0 Å². The van der Waals surface area contributed by atoms with Gasteiger partial charge < -0.3 is 56.0 Å². The Morgan fingerprint density at radius 3 is 2.55 bits per heavy atom. The summed E-state index contributed by atoms with van der Waals surface area (Å²) < 4.78 is 6.54. The number of hydrogen-bond acceptors (Lipinski definition) is 11. The summed E-state index contributed by atoms with van der Waals surface area (Å²) in [6.07, 6.45) is 12.6. The van der Waals surface area contributed by atoms with Crippen LogP contribution in [-0.2, 0) is 34.3 Å². The maximum absolute atomic E-state index is 16.6. The van der Waals surface area contributed by atoms with Crippen LogP contribution in [0.2, 0.25) is 0 Å². The Bertz CT molecular complexity index is 3390. The smallest absolute Gasteiger partial charge is 0.163 e. The Labute approximate surface area is 468 Å². The van der Waals surface area contributed by atoms with E-state index in [9.17, 15) is 30.6 Å². The quantitative estimate of drug-likeness (QED) is 0.0361. The van der Waals surface area contributed by atoms with E-state index in [-0.39, 0.29) is 79.1 Å². The van der Waals surface area contributed by atoms with Crippen molar-refractivity contribution in [3.63, 3.8) is 0 Å². The summed E-state index contributed by atoms with van der Waals surface area (Å²) in [5, 5.41) is 80.9. The van der Waals surface area contributed by atoms with Gasteiger partial charge in [-0.2, -0.15) is 0 Å². The van der Waals surface area contributed by atoms with Crippen LogP contribution < -0.4 is 15.4 Å². The second-order valence-electron chi connectivity index (χ2n) is 23.8. The van der Waals surface area contributed by atoms with Gasteiger partial charge in [-0.15, -0.1) is 0 Å². The van der Waals surface area contributed by atoms with Gasteiger partial charge in [-0.1, -0.05) is 79.5 Å². The number of carbonyl (C=O) groups is 2. The van der Waals surface area contributed by atoms with E-state index >= 15 is 9.59 Å². The Morgan fingerprint density at radius 1 is 0.863 bits per heavy atom. The van der Waals surface area contributed by atoms with Crippen molar-refractivity contribution in [1.29, 1.82) is 0 Å². The number of carbonyl (C=O) groups excluding carboxylic acids is 2. The number of aromatic amines is 2. The van der Waals surface area contributed by atoms with Crippen LogP contribution in [0.4, 0.5) is 5.82 Å². The minimum absolute atomic E-state index is 0.0598. The van der Waals surface area contributed by atoms with E-state index in [1.165, 1.54) is 0 Å². The summed E-state index contributed by atoms with van der Waals surface area (Å²) in [6, 6.07) is 17.9. The van der Waals surface area contributed by atoms with E-state index in [1.54, 1.807) is 36.4 Å². The number of allylic oxidation sites excluding steroid dienone is 1. The number of Topliss-reactive ketones (excluding diaryl/α,β-unsaturated/α-hetero) is 2. The van der Waals surface area contributed by atoms with E-state index in [4.69, 9.17) is 4.74 Å². The minimum atomic E-state index is -1.49. The zero-order valence-electron chi connectivity index (χ0n) is 45.6. The van der Waals surface area contributed by atoms with E-state index < -0.39 is 65.3 Å². The molecule has 2 aromatic heterocycles. The van der Waals surface area contributed by atoms with Gasteiger partial charge >= 0.3 is 0 Å². The Hall–Kier alpha value is -6.84. The molecule has 10 unspecified atom stereocenters. The summed E-state index contributed by atoms with van der Waals surface area (Å²) >= 11 is 0. The number of phenols is 2. The molecule has 2 saturated carbocycles. The van der Waals surface area contributed by atoms with Gasteiger partial charge in [0.1, 0.15) is 29.5 Å². The predicted molar refractivity (Wildman–Crippen MR) is 307 cm³/mol. The molecule has 13 nitrogen and oxygen atoms in total. The number of rotatable bonds is 10. The molecule has 1 spiro atoms. The van der Waals surface area contributed by atoms with Crippen molar-refractivity contribution in [3.8, 4) is 40.9 Å². The zero-order valence-corrected chi connectivity index (χ0v) is 45.6. The molecule has 12 rings (SSSR count). The first kappa shape index (κ1) is 53.8. The summed E-state index contributed by atoms with van der Waals surface area (Å²) in [5.74, 6) is 10.7. The lowest BCUT2D eigenvalue weighted by molar-refractivity contribution is -0.135. The average Bonchev–Trinajstić information content (AvgIpc) is 4.32. The number of ketones is 2. The molecule has 0 amide bonds. The number of nitrogens with one attached hydrogen (secondary N) is 4. The fourth-order valence-corrected chi connectivity index (χ4v) is 14.9. The molecule has 10 N–H and O–H groups in total. The Balaban J connectivity index is 1.13. The number of aromatic nitrogens is 2. The number of hydrogen-bond donors (Lipinski definition) is 10. The monoisotopic (exact) mass is 1080 g/mol. The van der Waals surface area contributed by atoms with Crippen molar-refractivity contribution in [3.05, 3.63) is 140 Å². The molecule has 0 saturated heterocycles. The largest absolute Gasteiger partial charge is 0.507 e. The summed E-state index contributed by atoms with van der Waals surface area (Å²) in [4.78, 5) is 39.0. The van der Waals surface area contributed by atoms with Crippen LogP contribution in [0, 0.1) is 47.4 Å². The number of aliphatic hydroxyl groups excluding tert-OH is 3. The van der Waals surface area contributed by atoms with Gasteiger partial charge in [-0.05, 0) is 164 Å². The van der Waals surface area contributed by atoms with E-state index in [2.05, 4.69) is 57.3 Å². The third-order valence-electron chi connectivity index (χ3n) is 19.0. The number of fused-ring (bicyclic) bond motifs is 8. The highest BCUT2D eigenvalue weighted by Crippen LogP contribution is 2.55. The molecule has 4 heterocycles. The van der Waals surface area contributed by atoms with E-state index in [1.807, 2.05) is 42.7 Å². The molecule has 6 bridgehead atoms. The highest BCUT2D eigenvalue weighted by molar-refractivity contribution is 6.06. The number of anilines is 1. The molecule has 80 heavy (non-hydrogen) atoms. The van der Waals surface area contributed by atoms with Crippen LogP contribution in [-0.4, -0.2) is 95.7 Å². The molecule has 10 atom stereocenters. The van der Waals surface area contributed by atoms with Crippen molar-refractivity contribution >= 4 is 29.0 Å². The third kappa shape index (κ3) is 9.79. The van der Waals surface area contributed by atoms with Crippen LogP contribution in [0.3, 0.4) is 0 Å². The van der Waals surface area contributed by atoms with Crippen LogP contribution in [0.5, 0.6) is 17.2 Å². The van der Waals surface area contributed by atoms with Crippen molar-refractivity contribution in [1.82, 2.24) is 15.3 Å². The number of aryl methyl sites for hydroxylation is 2. The van der Waals surface area contributed by atoms with Gasteiger partial charge in [0.25, 0.3) is 0 Å². The molecule has 5 aliphatic carbocycles. The molecular formula is C67H74N4O9. The molecule has 13 heteroatoms. The van der Waals surface area contributed by atoms with E-state index in [0.29, 0.717) is 66.9 Å². The number of ether oxygens (including phenoxy) is 1. The first-order valence-corrected chi connectivity index (χ1v) is 29.3. The van der Waals surface area contributed by atoms with Crippen molar-refractivity contribution < 1.29 is 45.0 Å². The van der Waals surface area contributed by atoms with E-state index in [0.717, 1.165) is 77.6 Å². The first-order chi connectivity index (χ1) is 38.9. The number of aromatic hydroxyl groups is 2. The number of aliphatic hydroxyl groups is 4. The predicted octanol–water partition coefficient (Wildman–Crippen LogP) is 9.00. The summed E-state index contributed by atoms with van der Waals surface area (Å²) in [5.41, 5.74) is 6.16. The van der Waals surface area contributed by atoms with Gasteiger partial charge in [-0.3, -0.25) is 9.59 Å². The topological polar surface area (TPSA) is 220 Å². The summed E-state index contributed by atoms with van der Waals surface area (Å²) in [7, 11) is 0. The molecule has 2 aliphatic heterocycles. The highest BCUT2D eigenvalue weighted by atomic mass is 16.5. The van der Waals surface area contributed by atoms with Crippen LogP contribution in [0.1, 0.15) is 158 Å². The molecule has 5 aromatic rings. The second-order valence-corrected chi connectivity index (χ2v) is 23.8. The van der Waals surface area contributed by atoms with Gasteiger partial charge in [0.05, 0.1) is 35.6 Å². The molecule has 7 aliphatic rings. The molecular weight excluding hydrogens is 1000 g/mol. The lowest BCUT2D eigenvalue weighted by Crippen LogP contribution is -2.49. The molecule has 0 radical (unpaired) electrons. The zero-order chi connectivity index (χ0) is 55.3. The SMILES string of the molecule is CCCNCC1C#CC2Nc3[nH]ccc3Cc3cc4ccc3C3(CCCC3C#CCC3=C2C(C(=O)C(CCO)C(=O)CCc2cc(OC5CCCC5)c(O)c(c2)C4O)C(CC2(O)C=Cc4c(O)cccc4CC2)c2cc[nH]c23)C1O. The maximum atomic E-state index is 16.6. The number of phenolic OH excluding ortho intramolecular Hbond substituents is 2. The molecule has 416 valence electrons. The molecule has 3 aromatic carbocycles. The second kappa shape index (κ2) is 22.2. The maximum Gasteiger partial charge on any atom is 0.163 e. The minimum Gasteiger partial charge on any atom is -0.507 e. The van der Waals surface area contributed by atoms with Crippen molar-refractivity contribution in [2.75, 3.05) is 25.0 Å². The van der Waals surface area contributed by atoms with Crippen molar-refractivity contribution in [2.45, 2.75) is 151 Å². The van der Waals surface area contributed by atoms with Gasteiger partial charge in [0, 0.05) is 78.9 Å². The normalized spacial score (nSPS) is 29.0. The van der Waals surface area contributed by atoms with Crippen LogP contribution in [0.15, 0.2) is 84.7 Å². The number of H-pyrrole nitrogens is 2. The van der Waals surface area contributed by atoms with Crippen LogP contribution in [0.25, 0.3) is 11.6 Å². The van der Waals surface area contributed by atoms with Gasteiger partial charge in [0.15, 0.2) is 17.3 Å². The molecule has 2 fully saturated rings. The van der Waals surface area contributed by atoms with Gasteiger partial charge in [-0.25, -0.2) is 0 Å². The standard InChI is InChI=1S/C67H74N4O9/c1-2-29-68-38-43-17-19-54-58-50-13-6-9-45-10-7-26-67(45,64(43)78)53-18-16-41(35-44(53)36-42-23-30-70-65(42)71-54)61(75)51-33-39(34-57(62(51)76)80-46-11-3-4-12-46)15-20-56(74)49(25-32-72)63(77)59(58)52(48-24-31-69-60(48)50)37-66(79)27-21-40-8-5-14-55(73)47(40)22-28-66/h5,8,14,16,18,22-24,28,30-31,33-35,43,45-46,49,52,54,59,61,64,68-73,75-76,78-79H,2-4,7,10-13,15,20-21,25-27,29,32,36-38H2,1H3. The Kier molecular flexibility index (Phi) is 15.0. The van der Waals surface area contributed by atoms with Crippen molar-refractivity contribution in [2.24, 2.45) is 23.7 Å². The fraction of sp³-hybridized carbons (Fsp3) is 0.463. The highest BCUT2D eigenvalue weighted by Gasteiger charge is 2.53.